The molecule has 0 unspecified atom stereocenters. The topological polar surface area (TPSA) is 64.3 Å². The second kappa shape index (κ2) is 6.63. The van der Waals surface area contributed by atoms with Crippen LogP contribution in [0.1, 0.15) is 11.1 Å². The fourth-order valence-electron chi connectivity index (χ4n) is 2.01. The van der Waals surface area contributed by atoms with Crippen LogP contribution in [0.3, 0.4) is 0 Å². The molecule has 0 saturated carbocycles. The van der Waals surface area contributed by atoms with Gasteiger partial charge in [-0.1, -0.05) is 12.1 Å². The van der Waals surface area contributed by atoms with E-state index in [1.807, 2.05) is 43.3 Å². The maximum Gasteiger partial charge on any atom is 0.228 e. The average Bonchev–Trinajstić information content (AvgIpc) is 2.43. The summed E-state index contributed by atoms with van der Waals surface area (Å²) in [4.78, 5) is 12.1. The molecule has 0 aromatic heterocycles. The first kappa shape index (κ1) is 15.4. The van der Waals surface area contributed by atoms with E-state index in [0.29, 0.717) is 11.4 Å². The molecule has 110 valence electrons. The van der Waals surface area contributed by atoms with E-state index in [4.69, 9.17) is 10.5 Å². The monoisotopic (exact) mass is 348 g/mol. The summed E-state index contributed by atoms with van der Waals surface area (Å²) in [5, 5.41) is 2.84. The number of benzene rings is 2. The Labute approximate surface area is 132 Å². The van der Waals surface area contributed by atoms with E-state index in [2.05, 4.69) is 21.2 Å². The van der Waals surface area contributed by atoms with Gasteiger partial charge in [0.25, 0.3) is 0 Å². The third-order valence-corrected chi connectivity index (χ3v) is 3.68. The fourth-order valence-corrected chi connectivity index (χ4v) is 2.70. The Hall–Kier alpha value is -2.01. The van der Waals surface area contributed by atoms with Crippen molar-refractivity contribution in [3.05, 3.63) is 52.0 Å². The summed E-state index contributed by atoms with van der Waals surface area (Å²) in [5.74, 6) is 0.654. The molecule has 0 radical (unpaired) electrons. The molecule has 1 amide bonds. The minimum Gasteiger partial charge on any atom is -0.497 e. The van der Waals surface area contributed by atoms with Crippen LogP contribution in [0.15, 0.2) is 40.9 Å². The van der Waals surface area contributed by atoms with Gasteiger partial charge in [-0.25, -0.2) is 0 Å². The van der Waals surface area contributed by atoms with Gasteiger partial charge in [0.1, 0.15) is 5.75 Å². The van der Waals surface area contributed by atoms with Gasteiger partial charge < -0.3 is 15.8 Å². The predicted octanol–water partition coefficient (Wildman–Crippen LogP) is 3.53. The van der Waals surface area contributed by atoms with Crippen LogP contribution in [0.25, 0.3) is 0 Å². The lowest BCUT2D eigenvalue weighted by Gasteiger charge is -2.11. The average molecular weight is 349 g/mol. The van der Waals surface area contributed by atoms with Crippen molar-refractivity contribution < 1.29 is 9.53 Å². The molecule has 0 fully saturated rings. The van der Waals surface area contributed by atoms with Crippen LogP contribution in [0.2, 0.25) is 0 Å². The van der Waals surface area contributed by atoms with Crippen molar-refractivity contribution in [2.75, 3.05) is 18.2 Å². The molecule has 0 aliphatic carbocycles. The molecule has 3 N–H and O–H groups in total. The van der Waals surface area contributed by atoms with Crippen LogP contribution in [-0.2, 0) is 11.2 Å². The van der Waals surface area contributed by atoms with Gasteiger partial charge >= 0.3 is 0 Å². The van der Waals surface area contributed by atoms with E-state index in [-0.39, 0.29) is 12.3 Å². The summed E-state index contributed by atoms with van der Waals surface area (Å²) in [6, 6.07) is 11.1. The number of hydrogen-bond acceptors (Lipinski definition) is 3. The van der Waals surface area contributed by atoms with Gasteiger partial charge in [-0.15, -0.1) is 0 Å². The van der Waals surface area contributed by atoms with Crippen molar-refractivity contribution in [2.45, 2.75) is 13.3 Å². The van der Waals surface area contributed by atoms with Crippen molar-refractivity contribution in [1.29, 1.82) is 0 Å². The SMILES string of the molecule is COc1ccc(CC(=O)Nc2c(N)cc(C)cc2Br)cc1. The van der Waals surface area contributed by atoms with Crippen molar-refractivity contribution in [3.63, 3.8) is 0 Å². The number of anilines is 2. The molecular formula is C16H17BrN2O2. The van der Waals surface area contributed by atoms with E-state index >= 15 is 0 Å². The number of carbonyl (C=O) groups is 1. The number of rotatable bonds is 4. The Kier molecular flexibility index (Phi) is 4.85. The fraction of sp³-hybridized carbons (Fsp3) is 0.188. The number of aryl methyl sites for hydroxylation is 1. The second-order valence-electron chi connectivity index (χ2n) is 4.78. The van der Waals surface area contributed by atoms with Crippen LogP contribution in [-0.4, -0.2) is 13.0 Å². The molecule has 0 saturated heterocycles. The van der Waals surface area contributed by atoms with Gasteiger partial charge in [0, 0.05) is 4.47 Å². The standard InChI is InChI=1S/C16H17BrN2O2/c1-10-7-13(17)16(14(18)8-10)19-15(20)9-11-3-5-12(21-2)6-4-11/h3-8H,9,18H2,1-2H3,(H,19,20). The van der Waals surface area contributed by atoms with E-state index in [1.165, 1.54) is 0 Å². The van der Waals surface area contributed by atoms with Gasteiger partial charge in [-0.05, 0) is 58.2 Å². The number of nitrogen functional groups attached to an aromatic ring is 1. The number of halogens is 1. The lowest BCUT2D eigenvalue weighted by Crippen LogP contribution is -2.16. The number of methoxy groups -OCH3 is 1. The Morgan fingerprint density at radius 2 is 1.95 bits per heavy atom. The molecule has 5 heteroatoms. The molecule has 0 spiro atoms. The first-order valence-electron chi connectivity index (χ1n) is 6.48. The van der Waals surface area contributed by atoms with Crippen LogP contribution in [0, 0.1) is 6.92 Å². The molecule has 0 bridgehead atoms. The summed E-state index contributed by atoms with van der Waals surface area (Å²) in [6.07, 6.45) is 0.281. The predicted molar refractivity (Wildman–Crippen MR) is 88.6 cm³/mol. The van der Waals surface area contributed by atoms with E-state index in [0.717, 1.165) is 21.3 Å². The van der Waals surface area contributed by atoms with Gasteiger partial charge in [0.05, 0.1) is 24.9 Å². The number of carbonyl (C=O) groups excluding carboxylic acids is 1. The van der Waals surface area contributed by atoms with Gasteiger partial charge in [0.15, 0.2) is 0 Å². The van der Waals surface area contributed by atoms with Crippen molar-refractivity contribution in [3.8, 4) is 5.75 Å². The highest BCUT2D eigenvalue weighted by molar-refractivity contribution is 9.10. The number of nitrogens with two attached hydrogens (primary N) is 1. The molecule has 4 nitrogen and oxygen atoms in total. The van der Waals surface area contributed by atoms with E-state index in [1.54, 1.807) is 7.11 Å². The number of hydrogen-bond donors (Lipinski definition) is 2. The smallest absolute Gasteiger partial charge is 0.228 e. The van der Waals surface area contributed by atoms with Crippen molar-refractivity contribution in [1.82, 2.24) is 0 Å². The Bertz CT molecular complexity index is 631. The largest absolute Gasteiger partial charge is 0.497 e. The molecule has 2 aromatic carbocycles. The normalized spacial score (nSPS) is 10.2. The van der Waals surface area contributed by atoms with E-state index < -0.39 is 0 Å². The molecule has 0 aliphatic rings. The molecule has 2 rings (SSSR count). The third-order valence-electron chi connectivity index (χ3n) is 3.05. The van der Waals surface area contributed by atoms with Crippen LogP contribution in [0.5, 0.6) is 5.75 Å². The summed E-state index contributed by atoms with van der Waals surface area (Å²) in [7, 11) is 1.61. The highest BCUT2D eigenvalue weighted by atomic mass is 79.9. The summed E-state index contributed by atoms with van der Waals surface area (Å²) in [6.45, 7) is 1.95. The summed E-state index contributed by atoms with van der Waals surface area (Å²) < 4.78 is 5.87. The van der Waals surface area contributed by atoms with Crippen molar-refractivity contribution >= 4 is 33.2 Å². The highest BCUT2D eigenvalue weighted by Gasteiger charge is 2.10. The number of amides is 1. The van der Waals surface area contributed by atoms with Gasteiger partial charge in [0.2, 0.25) is 5.91 Å². The highest BCUT2D eigenvalue weighted by Crippen LogP contribution is 2.30. The maximum atomic E-state index is 12.1. The minimum atomic E-state index is -0.114. The summed E-state index contributed by atoms with van der Waals surface area (Å²) >= 11 is 3.42. The zero-order chi connectivity index (χ0) is 15.4. The zero-order valence-electron chi connectivity index (χ0n) is 11.9. The third kappa shape index (κ3) is 3.98. The molecule has 21 heavy (non-hydrogen) atoms. The van der Waals surface area contributed by atoms with E-state index in [9.17, 15) is 4.79 Å². The Morgan fingerprint density at radius 3 is 2.52 bits per heavy atom. The van der Waals surface area contributed by atoms with Crippen LogP contribution >= 0.6 is 15.9 Å². The Balaban J connectivity index is 2.08. The number of nitrogens with one attached hydrogen (secondary N) is 1. The number of ether oxygens (including phenoxy) is 1. The van der Waals surface area contributed by atoms with Crippen LogP contribution in [0.4, 0.5) is 11.4 Å². The molecule has 0 aliphatic heterocycles. The lowest BCUT2D eigenvalue weighted by atomic mass is 10.1. The Morgan fingerprint density at radius 1 is 1.29 bits per heavy atom. The molecule has 0 heterocycles. The summed E-state index contributed by atoms with van der Waals surface area (Å²) in [5.41, 5.74) is 9.04. The molecule has 0 atom stereocenters. The van der Waals surface area contributed by atoms with Crippen molar-refractivity contribution in [2.24, 2.45) is 0 Å². The first-order valence-corrected chi connectivity index (χ1v) is 7.27. The minimum absolute atomic E-state index is 0.114. The quantitative estimate of drug-likeness (QED) is 0.830. The maximum absolute atomic E-state index is 12.1. The van der Waals surface area contributed by atoms with Gasteiger partial charge in [-0.2, -0.15) is 0 Å². The molecular weight excluding hydrogens is 332 g/mol. The second-order valence-corrected chi connectivity index (χ2v) is 5.64. The van der Waals surface area contributed by atoms with Gasteiger partial charge in [-0.3, -0.25) is 4.79 Å². The first-order chi connectivity index (χ1) is 9.99. The lowest BCUT2D eigenvalue weighted by molar-refractivity contribution is -0.115. The zero-order valence-corrected chi connectivity index (χ0v) is 13.5. The van der Waals surface area contributed by atoms with Crippen LogP contribution < -0.4 is 15.8 Å². The molecule has 2 aromatic rings.